The zero-order valence-corrected chi connectivity index (χ0v) is 17.5. The van der Waals surface area contributed by atoms with Crippen LogP contribution < -0.4 is 10.6 Å². The zero-order chi connectivity index (χ0) is 22.9. The summed E-state index contributed by atoms with van der Waals surface area (Å²) in [4.78, 5) is 35.8. The van der Waals surface area contributed by atoms with Gasteiger partial charge in [-0.25, -0.2) is 9.48 Å². The number of hydrogen-bond donors (Lipinski definition) is 2. The van der Waals surface area contributed by atoms with Crippen molar-refractivity contribution < 1.29 is 19.1 Å². The molecule has 3 rings (SSSR count). The van der Waals surface area contributed by atoms with Gasteiger partial charge in [-0.05, 0) is 35.9 Å². The van der Waals surface area contributed by atoms with Crippen molar-refractivity contribution in [3.63, 3.8) is 0 Å². The van der Waals surface area contributed by atoms with Gasteiger partial charge in [-0.15, -0.1) is 0 Å². The van der Waals surface area contributed by atoms with Gasteiger partial charge in [0.1, 0.15) is 12.2 Å². The smallest absolute Gasteiger partial charge is 0.338 e. The van der Waals surface area contributed by atoms with Crippen LogP contribution >= 0.6 is 11.6 Å². The molecule has 2 aromatic carbocycles. The fourth-order valence-corrected chi connectivity index (χ4v) is 2.91. The number of nitrogens with zero attached hydrogens (tertiary/aromatic N) is 3. The van der Waals surface area contributed by atoms with E-state index in [9.17, 15) is 14.4 Å². The summed E-state index contributed by atoms with van der Waals surface area (Å²) in [6.45, 7) is -0.129. The number of hydrogen-bond acceptors (Lipinski definition) is 6. The van der Waals surface area contributed by atoms with Crippen molar-refractivity contribution in [2.45, 2.75) is 13.0 Å². The Balaban J connectivity index is 1.52. The molecule has 32 heavy (non-hydrogen) atoms. The number of anilines is 2. The Labute approximate surface area is 188 Å². The SMILES string of the molecule is N#CCC(=O)Nc1ccc(C(=O)OCC(=O)Nc2ccnn2Cc2ccccc2Cl)cc1. The van der Waals surface area contributed by atoms with Gasteiger partial charge in [-0.2, -0.15) is 10.4 Å². The van der Waals surface area contributed by atoms with Gasteiger partial charge in [-0.3, -0.25) is 9.59 Å². The molecule has 0 aliphatic carbocycles. The molecule has 2 amide bonds. The number of carbonyl (C=O) groups excluding carboxylic acids is 3. The fourth-order valence-electron chi connectivity index (χ4n) is 2.71. The predicted molar refractivity (Wildman–Crippen MR) is 117 cm³/mol. The molecule has 0 fully saturated rings. The molecule has 0 bridgehead atoms. The molecule has 0 atom stereocenters. The van der Waals surface area contributed by atoms with Gasteiger partial charge in [0.05, 0.1) is 24.4 Å². The number of nitrogens with one attached hydrogen (secondary N) is 2. The predicted octanol–water partition coefficient (Wildman–Crippen LogP) is 3.23. The Morgan fingerprint density at radius 1 is 1.03 bits per heavy atom. The number of ether oxygens (including phenoxy) is 1. The molecule has 0 saturated carbocycles. The summed E-state index contributed by atoms with van der Waals surface area (Å²) in [5.74, 6) is -1.24. The molecule has 0 aliphatic rings. The lowest BCUT2D eigenvalue weighted by Crippen LogP contribution is -2.22. The first-order chi connectivity index (χ1) is 15.5. The highest BCUT2D eigenvalue weighted by Gasteiger charge is 2.13. The van der Waals surface area contributed by atoms with Crippen LogP contribution in [-0.2, 0) is 20.9 Å². The minimum absolute atomic E-state index is 0.208. The number of halogens is 1. The van der Waals surface area contributed by atoms with Crippen molar-refractivity contribution in [2.24, 2.45) is 0 Å². The maximum Gasteiger partial charge on any atom is 0.338 e. The zero-order valence-electron chi connectivity index (χ0n) is 16.7. The average Bonchev–Trinajstić information content (AvgIpc) is 3.20. The topological polar surface area (TPSA) is 126 Å². The average molecular weight is 452 g/mol. The summed E-state index contributed by atoms with van der Waals surface area (Å²) in [7, 11) is 0. The highest BCUT2D eigenvalue weighted by molar-refractivity contribution is 6.31. The van der Waals surface area contributed by atoms with Crippen LogP contribution in [0.15, 0.2) is 60.8 Å². The Kier molecular flexibility index (Phi) is 7.56. The van der Waals surface area contributed by atoms with E-state index >= 15 is 0 Å². The van der Waals surface area contributed by atoms with E-state index in [0.717, 1.165) is 5.56 Å². The van der Waals surface area contributed by atoms with E-state index in [0.29, 0.717) is 23.1 Å². The van der Waals surface area contributed by atoms with Crippen molar-refractivity contribution in [1.82, 2.24) is 9.78 Å². The van der Waals surface area contributed by atoms with Gasteiger partial charge in [0.15, 0.2) is 6.61 Å². The molecular weight excluding hydrogens is 434 g/mol. The van der Waals surface area contributed by atoms with Crippen LogP contribution in [0.3, 0.4) is 0 Å². The van der Waals surface area contributed by atoms with E-state index in [1.54, 1.807) is 22.9 Å². The first-order valence-electron chi connectivity index (χ1n) is 9.45. The summed E-state index contributed by atoms with van der Waals surface area (Å²) in [6, 6.07) is 16.6. The van der Waals surface area contributed by atoms with Crippen LogP contribution in [0.1, 0.15) is 22.3 Å². The minimum Gasteiger partial charge on any atom is -0.452 e. The molecule has 0 saturated heterocycles. The largest absolute Gasteiger partial charge is 0.452 e. The van der Waals surface area contributed by atoms with Crippen molar-refractivity contribution in [2.75, 3.05) is 17.2 Å². The van der Waals surface area contributed by atoms with Gasteiger partial charge < -0.3 is 15.4 Å². The number of amides is 2. The molecule has 0 aliphatic heterocycles. The molecular formula is C22H18ClN5O4. The first kappa shape index (κ1) is 22.5. The Bertz CT molecular complexity index is 1170. The third-order valence-electron chi connectivity index (χ3n) is 4.24. The Hall–Kier alpha value is -4.16. The normalized spacial score (nSPS) is 10.1. The Morgan fingerprint density at radius 3 is 2.50 bits per heavy atom. The standard InChI is InChI=1S/C22H18ClN5O4/c23-18-4-2-1-3-16(18)13-28-19(10-12-25-28)27-21(30)14-32-22(31)15-5-7-17(8-6-15)26-20(29)9-11-24/h1-8,10,12H,9,13-14H2,(H,26,29)(H,27,30). The highest BCUT2D eigenvalue weighted by Crippen LogP contribution is 2.18. The lowest BCUT2D eigenvalue weighted by atomic mass is 10.2. The van der Waals surface area contributed by atoms with Crippen molar-refractivity contribution >= 4 is 40.9 Å². The van der Waals surface area contributed by atoms with Gasteiger partial charge in [0.2, 0.25) is 5.91 Å². The molecule has 1 aromatic heterocycles. The summed E-state index contributed by atoms with van der Waals surface area (Å²) >= 11 is 6.17. The Morgan fingerprint density at radius 2 is 1.78 bits per heavy atom. The quantitative estimate of drug-likeness (QED) is 0.506. The lowest BCUT2D eigenvalue weighted by molar-refractivity contribution is -0.119. The van der Waals surface area contributed by atoms with E-state index < -0.39 is 24.4 Å². The van der Waals surface area contributed by atoms with Crippen LogP contribution in [0.2, 0.25) is 5.02 Å². The van der Waals surface area contributed by atoms with E-state index in [2.05, 4.69) is 15.7 Å². The molecule has 162 valence electrons. The van der Waals surface area contributed by atoms with Crippen molar-refractivity contribution in [1.29, 1.82) is 5.26 Å². The second-order valence-corrected chi connectivity index (χ2v) is 6.96. The summed E-state index contributed by atoms with van der Waals surface area (Å²) in [5, 5.41) is 18.4. The summed E-state index contributed by atoms with van der Waals surface area (Å²) in [5.41, 5.74) is 1.48. The maximum atomic E-state index is 12.2. The fraction of sp³-hybridized carbons (Fsp3) is 0.136. The molecule has 0 radical (unpaired) electrons. The van der Waals surface area contributed by atoms with Crippen molar-refractivity contribution in [3.8, 4) is 6.07 Å². The van der Waals surface area contributed by atoms with Crippen LogP contribution in [0.25, 0.3) is 0 Å². The number of aromatic nitrogens is 2. The van der Waals surface area contributed by atoms with Crippen LogP contribution in [0, 0.1) is 11.3 Å². The number of rotatable bonds is 8. The van der Waals surface area contributed by atoms with E-state index in [1.165, 1.54) is 30.5 Å². The molecule has 3 aromatic rings. The monoisotopic (exact) mass is 451 g/mol. The first-order valence-corrected chi connectivity index (χ1v) is 9.83. The highest BCUT2D eigenvalue weighted by atomic mass is 35.5. The molecule has 0 spiro atoms. The van der Waals surface area contributed by atoms with Gasteiger partial charge in [0, 0.05) is 16.8 Å². The number of nitriles is 1. The molecule has 1 heterocycles. The second-order valence-electron chi connectivity index (χ2n) is 6.55. The van der Waals surface area contributed by atoms with Gasteiger partial charge in [0.25, 0.3) is 5.91 Å². The third kappa shape index (κ3) is 6.17. The van der Waals surface area contributed by atoms with Crippen molar-refractivity contribution in [3.05, 3.63) is 76.9 Å². The minimum atomic E-state index is -0.695. The number of benzene rings is 2. The number of esters is 1. The van der Waals surface area contributed by atoms with Crippen LogP contribution in [-0.4, -0.2) is 34.2 Å². The van der Waals surface area contributed by atoms with E-state index in [1.807, 2.05) is 18.2 Å². The maximum absolute atomic E-state index is 12.2. The number of carbonyl (C=O) groups is 3. The second kappa shape index (κ2) is 10.7. The van der Waals surface area contributed by atoms with Gasteiger partial charge in [-0.1, -0.05) is 29.8 Å². The molecule has 9 nitrogen and oxygen atoms in total. The van der Waals surface area contributed by atoms with E-state index in [4.69, 9.17) is 21.6 Å². The van der Waals surface area contributed by atoms with Gasteiger partial charge >= 0.3 is 5.97 Å². The lowest BCUT2D eigenvalue weighted by Gasteiger charge is -2.10. The molecule has 2 N–H and O–H groups in total. The van der Waals surface area contributed by atoms with Crippen LogP contribution in [0.5, 0.6) is 0 Å². The molecule has 10 heteroatoms. The van der Waals surface area contributed by atoms with Crippen LogP contribution in [0.4, 0.5) is 11.5 Å². The third-order valence-corrected chi connectivity index (χ3v) is 4.61. The summed E-state index contributed by atoms with van der Waals surface area (Å²) < 4.78 is 6.61. The summed E-state index contributed by atoms with van der Waals surface area (Å²) in [6.07, 6.45) is 1.27. The van der Waals surface area contributed by atoms with E-state index in [-0.39, 0.29) is 12.0 Å². The molecule has 0 unspecified atom stereocenters.